The second-order valence-corrected chi connectivity index (χ2v) is 5.11. The lowest BCUT2D eigenvalue weighted by Crippen LogP contribution is -1.86. The van der Waals surface area contributed by atoms with Crippen molar-refractivity contribution in [2.45, 2.75) is 13.8 Å². The molecule has 0 bridgehead atoms. The number of hydrogen-bond donors (Lipinski definition) is 2. The van der Waals surface area contributed by atoms with Gasteiger partial charge in [0.15, 0.2) is 5.82 Å². The zero-order valence-electron chi connectivity index (χ0n) is 10.2. The van der Waals surface area contributed by atoms with E-state index in [1.807, 2.05) is 37.4 Å². The number of nitrogens with zero attached hydrogens (tertiary/aromatic N) is 1. The van der Waals surface area contributed by atoms with Gasteiger partial charge in [-0.25, -0.2) is 0 Å². The van der Waals surface area contributed by atoms with Crippen molar-refractivity contribution in [1.82, 2.24) is 10.2 Å². The lowest BCUT2D eigenvalue weighted by Gasteiger charge is -2.00. The summed E-state index contributed by atoms with van der Waals surface area (Å²) in [5.41, 5.74) is 8.85. The predicted octanol–water partition coefficient (Wildman–Crippen LogP) is 3.60. The van der Waals surface area contributed by atoms with Crippen LogP contribution in [0.1, 0.15) is 11.5 Å². The molecule has 0 saturated carbocycles. The molecule has 3 N–H and O–H groups in total. The molecule has 3 aromatic rings. The molecule has 0 atom stereocenters. The molecule has 0 amide bonds. The SMILES string of the molecule is Cc1cc(-c2[nH]nc(N)c2-c2cccs2)c(C)o1. The molecule has 0 saturated heterocycles. The molecule has 0 aliphatic rings. The van der Waals surface area contributed by atoms with E-state index in [2.05, 4.69) is 10.2 Å². The van der Waals surface area contributed by atoms with Crippen LogP contribution in [-0.4, -0.2) is 10.2 Å². The maximum atomic E-state index is 5.96. The Kier molecular flexibility index (Phi) is 2.48. The number of nitrogens with one attached hydrogen (secondary N) is 1. The smallest absolute Gasteiger partial charge is 0.154 e. The first-order valence-corrected chi connectivity index (χ1v) is 6.50. The van der Waals surface area contributed by atoms with Crippen LogP contribution in [0.15, 0.2) is 28.0 Å². The van der Waals surface area contributed by atoms with Crippen molar-refractivity contribution in [3.8, 4) is 21.7 Å². The minimum atomic E-state index is 0.519. The number of anilines is 1. The Morgan fingerprint density at radius 1 is 1.39 bits per heavy atom. The Labute approximate surface area is 108 Å². The molecule has 4 nitrogen and oxygen atoms in total. The number of aromatic nitrogens is 2. The highest BCUT2D eigenvalue weighted by atomic mass is 32.1. The summed E-state index contributed by atoms with van der Waals surface area (Å²) in [6, 6.07) is 6.04. The van der Waals surface area contributed by atoms with E-state index in [0.29, 0.717) is 5.82 Å². The summed E-state index contributed by atoms with van der Waals surface area (Å²) in [7, 11) is 0. The third-order valence-corrected chi connectivity index (χ3v) is 3.76. The number of rotatable bonds is 2. The Morgan fingerprint density at radius 3 is 2.83 bits per heavy atom. The molecule has 0 fully saturated rings. The minimum Gasteiger partial charge on any atom is -0.466 e. The zero-order chi connectivity index (χ0) is 12.7. The van der Waals surface area contributed by atoms with Gasteiger partial charge in [0.1, 0.15) is 11.5 Å². The maximum absolute atomic E-state index is 5.96. The van der Waals surface area contributed by atoms with Gasteiger partial charge in [-0.05, 0) is 31.4 Å². The molecular formula is C13H13N3OS. The van der Waals surface area contributed by atoms with Crippen LogP contribution in [0.4, 0.5) is 5.82 Å². The number of aryl methyl sites for hydroxylation is 2. The van der Waals surface area contributed by atoms with Gasteiger partial charge in [-0.1, -0.05) is 6.07 Å². The Balaban J connectivity index is 2.23. The molecular weight excluding hydrogens is 246 g/mol. The van der Waals surface area contributed by atoms with E-state index < -0.39 is 0 Å². The van der Waals surface area contributed by atoms with Crippen LogP contribution < -0.4 is 5.73 Å². The van der Waals surface area contributed by atoms with Crippen molar-refractivity contribution < 1.29 is 4.42 Å². The minimum absolute atomic E-state index is 0.519. The Morgan fingerprint density at radius 2 is 2.22 bits per heavy atom. The highest BCUT2D eigenvalue weighted by molar-refractivity contribution is 7.13. The van der Waals surface area contributed by atoms with E-state index in [0.717, 1.165) is 33.2 Å². The van der Waals surface area contributed by atoms with Crippen molar-refractivity contribution in [2.24, 2.45) is 0 Å². The fraction of sp³-hybridized carbons (Fsp3) is 0.154. The standard InChI is InChI=1S/C13H13N3OS/c1-7-6-9(8(2)17-7)12-11(13(14)16-15-12)10-4-3-5-18-10/h3-6H,1-2H3,(H3,14,15,16). The van der Waals surface area contributed by atoms with E-state index in [9.17, 15) is 0 Å². The molecule has 3 rings (SSSR count). The van der Waals surface area contributed by atoms with Crippen LogP contribution in [0.5, 0.6) is 0 Å². The average molecular weight is 259 g/mol. The average Bonchev–Trinajstić information content (AvgIpc) is 2.99. The maximum Gasteiger partial charge on any atom is 0.154 e. The molecule has 0 aliphatic carbocycles. The van der Waals surface area contributed by atoms with Crippen molar-refractivity contribution >= 4 is 17.2 Å². The summed E-state index contributed by atoms with van der Waals surface area (Å²) in [4.78, 5) is 1.11. The van der Waals surface area contributed by atoms with Gasteiger partial charge in [-0.15, -0.1) is 11.3 Å². The largest absolute Gasteiger partial charge is 0.466 e. The molecule has 0 aliphatic heterocycles. The van der Waals surface area contributed by atoms with Gasteiger partial charge in [0.05, 0.1) is 11.3 Å². The third kappa shape index (κ3) is 1.64. The van der Waals surface area contributed by atoms with E-state index in [1.165, 1.54) is 0 Å². The van der Waals surface area contributed by atoms with Gasteiger partial charge >= 0.3 is 0 Å². The number of hydrogen-bond acceptors (Lipinski definition) is 4. The fourth-order valence-electron chi connectivity index (χ4n) is 2.10. The summed E-state index contributed by atoms with van der Waals surface area (Å²) in [5, 5.41) is 9.15. The molecule has 0 unspecified atom stereocenters. The first-order valence-electron chi connectivity index (χ1n) is 5.62. The summed E-state index contributed by atoms with van der Waals surface area (Å²) < 4.78 is 5.57. The van der Waals surface area contributed by atoms with Crippen LogP contribution in [0, 0.1) is 13.8 Å². The van der Waals surface area contributed by atoms with Gasteiger partial charge in [-0.3, -0.25) is 5.10 Å². The third-order valence-electron chi connectivity index (χ3n) is 2.87. The lowest BCUT2D eigenvalue weighted by atomic mass is 10.1. The predicted molar refractivity (Wildman–Crippen MR) is 73.5 cm³/mol. The second-order valence-electron chi connectivity index (χ2n) is 4.16. The molecule has 5 heteroatoms. The van der Waals surface area contributed by atoms with Crippen molar-refractivity contribution in [2.75, 3.05) is 5.73 Å². The topological polar surface area (TPSA) is 67.8 Å². The molecule has 18 heavy (non-hydrogen) atoms. The highest BCUT2D eigenvalue weighted by Crippen LogP contribution is 2.38. The summed E-state index contributed by atoms with van der Waals surface area (Å²) >= 11 is 1.65. The van der Waals surface area contributed by atoms with Gasteiger partial charge in [0.2, 0.25) is 0 Å². The van der Waals surface area contributed by atoms with E-state index in [1.54, 1.807) is 11.3 Å². The highest BCUT2D eigenvalue weighted by Gasteiger charge is 2.18. The normalized spacial score (nSPS) is 11.0. The summed E-state index contributed by atoms with van der Waals surface area (Å²) in [6.45, 7) is 3.87. The molecule has 3 heterocycles. The van der Waals surface area contributed by atoms with Crippen LogP contribution >= 0.6 is 11.3 Å². The van der Waals surface area contributed by atoms with Crippen molar-refractivity contribution in [3.63, 3.8) is 0 Å². The summed E-state index contributed by atoms with van der Waals surface area (Å²) in [6.07, 6.45) is 0. The number of furan rings is 1. The first-order chi connectivity index (χ1) is 8.66. The number of nitrogen functional groups attached to an aromatic ring is 1. The number of H-pyrrole nitrogens is 1. The zero-order valence-corrected chi connectivity index (χ0v) is 11.0. The Hall–Kier alpha value is -2.01. The van der Waals surface area contributed by atoms with Crippen molar-refractivity contribution in [3.05, 3.63) is 35.1 Å². The number of nitrogens with two attached hydrogens (primary N) is 1. The fourth-order valence-corrected chi connectivity index (χ4v) is 2.89. The van der Waals surface area contributed by atoms with Gasteiger partial charge in [0, 0.05) is 10.4 Å². The second kappa shape index (κ2) is 4.03. The lowest BCUT2D eigenvalue weighted by molar-refractivity contribution is 0.505. The monoisotopic (exact) mass is 259 g/mol. The molecule has 0 radical (unpaired) electrons. The van der Waals surface area contributed by atoms with Crippen LogP contribution in [0.2, 0.25) is 0 Å². The molecule has 0 aromatic carbocycles. The molecule has 92 valence electrons. The number of aromatic amines is 1. The van der Waals surface area contributed by atoms with E-state index >= 15 is 0 Å². The van der Waals surface area contributed by atoms with E-state index in [-0.39, 0.29) is 0 Å². The van der Waals surface area contributed by atoms with E-state index in [4.69, 9.17) is 10.2 Å². The van der Waals surface area contributed by atoms with Crippen molar-refractivity contribution in [1.29, 1.82) is 0 Å². The quantitative estimate of drug-likeness (QED) is 0.739. The van der Waals surface area contributed by atoms with Crippen LogP contribution in [0.25, 0.3) is 21.7 Å². The van der Waals surface area contributed by atoms with Crippen LogP contribution in [0.3, 0.4) is 0 Å². The first kappa shape index (κ1) is 11.1. The molecule has 0 spiro atoms. The Bertz CT molecular complexity index is 679. The van der Waals surface area contributed by atoms with Crippen LogP contribution in [-0.2, 0) is 0 Å². The van der Waals surface area contributed by atoms with Gasteiger partial charge in [0.25, 0.3) is 0 Å². The molecule has 3 aromatic heterocycles. The summed E-state index contributed by atoms with van der Waals surface area (Å²) in [5.74, 6) is 2.27. The van der Waals surface area contributed by atoms with Gasteiger partial charge in [-0.2, -0.15) is 5.10 Å². The van der Waals surface area contributed by atoms with Gasteiger partial charge < -0.3 is 10.2 Å². The number of thiophene rings is 1.